The molecular formula is C17H21N3. The summed E-state index contributed by atoms with van der Waals surface area (Å²) in [6.45, 7) is 3.24. The van der Waals surface area contributed by atoms with Crippen LogP contribution in [0.3, 0.4) is 0 Å². The number of rotatable bonds is 1. The second-order valence-electron chi connectivity index (χ2n) is 6.22. The number of hydrogen-bond acceptors (Lipinski definition) is 2. The van der Waals surface area contributed by atoms with Crippen molar-refractivity contribution in [2.45, 2.75) is 38.6 Å². The molecule has 3 nitrogen and oxygen atoms in total. The van der Waals surface area contributed by atoms with Crippen LogP contribution in [0.2, 0.25) is 0 Å². The summed E-state index contributed by atoms with van der Waals surface area (Å²) in [5.41, 5.74) is 3.61. The number of nitrogens with zero attached hydrogens (tertiary/aromatic N) is 2. The molecule has 20 heavy (non-hydrogen) atoms. The number of fused-ring (bicyclic) bond motifs is 3. The van der Waals surface area contributed by atoms with Crippen LogP contribution in [0.1, 0.15) is 37.3 Å². The highest BCUT2D eigenvalue weighted by Crippen LogP contribution is 2.39. The van der Waals surface area contributed by atoms with Crippen LogP contribution in [-0.4, -0.2) is 16.3 Å². The zero-order chi connectivity index (χ0) is 13.5. The zero-order valence-electron chi connectivity index (χ0n) is 12.0. The maximum Gasteiger partial charge on any atom is 0.125 e. The van der Waals surface area contributed by atoms with E-state index in [1.54, 1.807) is 0 Å². The van der Waals surface area contributed by atoms with E-state index >= 15 is 0 Å². The fourth-order valence-electron chi connectivity index (χ4n) is 3.63. The molecule has 2 aliphatic rings. The van der Waals surface area contributed by atoms with Gasteiger partial charge < -0.3 is 5.32 Å². The maximum atomic E-state index is 4.89. The van der Waals surface area contributed by atoms with Crippen LogP contribution >= 0.6 is 0 Å². The predicted octanol–water partition coefficient (Wildman–Crippen LogP) is 4.02. The number of aryl methyl sites for hydroxylation is 1. The van der Waals surface area contributed by atoms with Gasteiger partial charge in [0.15, 0.2) is 0 Å². The molecule has 0 saturated heterocycles. The van der Waals surface area contributed by atoms with E-state index in [9.17, 15) is 0 Å². The lowest BCUT2D eigenvalue weighted by molar-refractivity contribution is 0.223. The molecule has 0 radical (unpaired) electrons. The molecule has 2 unspecified atom stereocenters. The number of aromatic nitrogens is 2. The Hall–Kier alpha value is -1.77. The third-order valence-corrected chi connectivity index (χ3v) is 4.81. The lowest BCUT2D eigenvalue weighted by Gasteiger charge is -2.36. The van der Waals surface area contributed by atoms with Crippen molar-refractivity contribution in [3.8, 4) is 11.3 Å². The Labute approximate surface area is 120 Å². The molecule has 1 aliphatic heterocycles. The van der Waals surface area contributed by atoms with E-state index in [-0.39, 0.29) is 0 Å². The van der Waals surface area contributed by atoms with Gasteiger partial charge in [0, 0.05) is 18.2 Å². The minimum absolute atomic E-state index is 0.610. The summed E-state index contributed by atoms with van der Waals surface area (Å²) in [4.78, 5) is 0. The summed E-state index contributed by atoms with van der Waals surface area (Å²) in [6, 6.07) is 11.5. The van der Waals surface area contributed by atoms with Crippen molar-refractivity contribution in [1.29, 1.82) is 0 Å². The molecule has 0 spiro atoms. The molecule has 4 rings (SSSR count). The molecule has 1 aliphatic carbocycles. The van der Waals surface area contributed by atoms with Crippen molar-refractivity contribution in [2.24, 2.45) is 5.92 Å². The fourth-order valence-corrected chi connectivity index (χ4v) is 3.63. The number of hydrogen-bond donors (Lipinski definition) is 1. The van der Waals surface area contributed by atoms with Crippen molar-refractivity contribution < 1.29 is 0 Å². The number of benzene rings is 1. The van der Waals surface area contributed by atoms with Crippen molar-refractivity contribution in [2.75, 3.05) is 11.9 Å². The van der Waals surface area contributed by atoms with Crippen molar-refractivity contribution in [3.63, 3.8) is 0 Å². The van der Waals surface area contributed by atoms with E-state index in [1.165, 1.54) is 42.6 Å². The smallest absolute Gasteiger partial charge is 0.125 e. The Bertz CT molecular complexity index is 612. The molecule has 2 heterocycles. The van der Waals surface area contributed by atoms with Gasteiger partial charge in [0.2, 0.25) is 0 Å². The molecular weight excluding hydrogens is 246 g/mol. The highest BCUT2D eigenvalue weighted by molar-refractivity contribution is 5.63. The van der Waals surface area contributed by atoms with Crippen LogP contribution in [0.4, 0.5) is 5.82 Å². The third-order valence-electron chi connectivity index (χ3n) is 4.81. The van der Waals surface area contributed by atoms with Crippen LogP contribution in [0.15, 0.2) is 30.3 Å². The largest absolute Gasteiger partial charge is 0.370 e. The second-order valence-corrected chi connectivity index (χ2v) is 6.22. The minimum atomic E-state index is 0.610. The highest BCUT2D eigenvalue weighted by Gasteiger charge is 2.32. The molecule has 1 saturated carbocycles. The quantitative estimate of drug-likeness (QED) is 0.846. The first-order valence-electron chi connectivity index (χ1n) is 7.72. The lowest BCUT2D eigenvalue weighted by atomic mass is 9.83. The minimum Gasteiger partial charge on any atom is -0.370 e. The first kappa shape index (κ1) is 12.0. The van der Waals surface area contributed by atoms with Gasteiger partial charge in [-0.15, -0.1) is 0 Å². The summed E-state index contributed by atoms with van der Waals surface area (Å²) >= 11 is 0. The van der Waals surface area contributed by atoms with E-state index < -0.39 is 0 Å². The van der Waals surface area contributed by atoms with Crippen molar-refractivity contribution in [3.05, 3.63) is 35.9 Å². The van der Waals surface area contributed by atoms with Crippen LogP contribution in [0, 0.1) is 12.8 Å². The topological polar surface area (TPSA) is 29.9 Å². The van der Waals surface area contributed by atoms with Crippen molar-refractivity contribution >= 4 is 5.82 Å². The monoisotopic (exact) mass is 267 g/mol. The molecule has 104 valence electrons. The SMILES string of the molecule is Cc1ccc(-c2cc3n(n2)C2CCCCC2CN3)cc1. The molecule has 2 atom stereocenters. The van der Waals surface area contributed by atoms with Gasteiger partial charge in [0.05, 0.1) is 11.7 Å². The second kappa shape index (κ2) is 4.65. The Morgan fingerprint density at radius 1 is 1.15 bits per heavy atom. The number of anilines is 1. The van der Waals surface area contributed by atoms with Gasteiger partial charge in [0.1, 0.15) is 5.82 Å². The van der Waals surface area contributed by atoms with Gasteiger partial charge in [-0.3, -0.25) is 0 Å². The normalized spacial score (nSPS) is 24.6. The molecule has 1 aromatic heterocycles. The van der Waals surface area contributed by atoms with Gasteiger partial charge in [-0.05, 0) is 25.7 Å². The van der Waals surface area contributed by atoms with E-state index in [0.29, 0.717) is 6.04 Å². The van der Waals surface area contributed by atoms with Gasteiger partial charge in [-0.2, -0.15) is 5.10 Å². The van der Waals surface area contributed by atoms with Gasteiger partial charge in [0.25, 0.3) is 0 Å². The van der Waals surface area contributed by atoms with Gasteiger partial charge in [-0.25, -0.2) is 4.68 Å². The number of nitrogens with one attached hydrogen (secondary N) is 1. The summed E-state index contributed by atoms with van der Waals surface area (Å²) in [5.74, 6) is 1.96. The lowest BCUT2D eigenvalue weighted by Crippen LogP contribution is -2.34. The van der Waals surface area contributed by atoms with Crippen molar-refractivity contribution in [1.82, 2.24) is 9.78 Å². The van der Waals surface area contributed by atoms with Gasteiger partial charge in [-0.1, -0.05) is 42.7 Å². The first-order chi connectivity index (χ1) is 9.81. The Kier molecular flexibility index (Phi) is 2.79. The maximum absolute atomic E-state index is 4.89. The summed E-state index contributed by atoms with van der Waals surface area (Å²) in [6.07, 6.45) is 5.36. The molecule has 3 heteroatoms. The summed E-state index contributed by atoms with van der Waals surface area (Å²) in [7, 11) is 0. The van der Waals surface area contributed by atoms with E-state index in [4.69, 9.17) is 5.10 Å². The van der Waals surface area contributed by atoms with Crippen LogP contribution < -0.4 is 5.32 Å². The molecule has 1 fully saturated rings. The fraction of sp³-hybridized carbons (Fsp3) is 0.471. The Balaban J connectivity index is 1.71. The Morgan fingerprint density at radius 2 is 1.95 bits per heavy atom. The van der Waals surface area contributed by atoms with Gasteiger partial charge >= 0.3 is 0 Å². The molecule has 1 aromatic carbocycles. The predicted molar refractivity (Wildman–Crippen MR) is 81.9 cm³/mol. The summed E-state index contributed by atoms with van der Waals surface area (Å²) in [5, 5.41) is 8.45. The van der Waals surface area contributed by atoms with E-state index in [1.807, 2.05) is 0 Å². The third kappa shape index (κ3) is 1.92. The standard InChI is InChI=1S/C17H21N3/c1-12-6-8-13(9-7-12)15-10-17-18-11-14-4-2-3-5-16(14)20(17)19-15/h6-10,14,16,18H,2-5,11H2,1H3. The molecule has 0 bridgehead atoms. The van der Waals surface area contributed by atoms with Crippen LogP contribution in [0.25, 0.3) is 11.3 Å². The molecule has 2 aromatic rings. The van der Waals surface area contributed by atoms with E-state index in [0.717, 1.165) is 18.2 Å². The summed E-state index contributed by atoms with van der Waals surface area (Å²) < 4.78 is 2.25. The average molecular weight is 267 g/mol. The van der Waals surface area contributed by atoms with Crippen LogP contribution in [0.5, 0.6) is 0 Å². The molecule has 1 N–H and O–H groups in total. The average Bonchev–Trinajstić information content (AvgIpc) is 2.92. The molecule has 0 amide bonds. The van der Waals surface area contributed by atoms with E-state index in [2.05, 4.69) is 47.3 Å². The first-order valence-corrected chi connectivity index (χ1v) is 7.72. The Morgan fingerprint density at radius 3 is 2.80 bits per heavy atom. The zero-order valence-corrected chi connectivity index (χ0v) is 12.0. The van der Waals surface area contributed by atoms with Crippen LogP contribution in [-0.2, 0) is 0 Å². The highest BCUT2D eigenvalue weighted by atomic mass is 15.4.